The third kappa shape index (κ3) is 5.76. The van der Waals surface area contributed by atoms with Gasteiger partial charge in [-0.1, -0.05) is 40.8 Å². The van der Waals surface area contributed by atoms with Gasteiger partial charge in [0, 0.05) is 48.2 Å². The minimum Gasteiger partial charge on any atom is -0.512 e. The molecule has 1 radical (unpaired) electrons. The Morgan fingerprint density at radius 1 is 0.875 bits per heavy atom. The fourth-order valence-electron chi connectivity index (χ4n) is 4.95. The van der Waals surface area contributed by atoms with Crippen molar-refractivity contribution in [3.8, 4) is 22.6 Å². The standard InChI is InChI=1S/C28H21N2O2.C5H8O2.Ir/c1-15-12-16(2)25(17(3)13-15)24-14-19-9-11-23(30-27(19)31-24)22-7-5-6-20-21-10-8-18(4)29-28(21)32-26(20)22;1-4(6)3-5(2)7;/h5-6,8-14H,1-4H3;3,6H,1-2H3;/q-1;;/b;4-3-;. The molecule has 0 amide bonds. The summed E-state index contributed by atoms with van der Waals surface area (Å²) in [6.45, 7) is 11.2. The van der Waals surface area contributed by atoms with Crippen LogP contribution in [0.3, 0.4) is 0 Å². The summed E-state index contributed by atoms with van der Waals surface area (Å²) < 4.78 is 12.4. The first-order valence-corrected chi connectivity index (χ1v) is 12.7. The third-order valence-corrected chi connectivity index (χ3v) is 6.41. The number of aryl methyl sites for hydroxylation is 4. The number of fused-ring (bicyclic) bond motifs is 4. The molecule has 205 valence electrons. The summed E-state index contributed by atoms with van der Waals surface area (Å²) in [6.07, 6.45) is 1.17. The van der Waals surface area contributed by atoms with Gasteiger partial charge in [0.2, 0.25) is 11.4 Å². The Bertz CT molecular complexity index is 1890. The number of rotatable bonds is 3. The van der Waals surface area contributed by atoms with Gasteiger partial charge in [-0.2, -0.15) is 0 Å². The van der Waals surface area contributed by atoms with E-state index in [9.17, 15) is 4.79 Å². The monoisotopic (exact) mass is 710 g/mol. The average Bonchev–Trinajstić information content (AvgIpc) is 3.42. The van der Waals surface area contributed by atoms with Gasteiger partial charge < -0.3 is 13.9 Å². The van der Waals surface area contributed by atoms with Gasteiger partial charge in [-0.15, -0.1) is 18.2 Å². The summed E-state index contributed by atoms with van der Waals surface area (Å²) in [6, 6.07) is 21.7. The van der Waals surface area contributed by atoms with Crippen molar-refractivity contribution in [1.29, 1.82) is 0 Å². The molecule has 0 bridgehead atoms. The van der Waals surface area contributed by atoms with Crippen LogP contribution in [-0.4, -0.2) is 20.9 Å². The van der Waals surface area contributed by atoms with Crippen molar-refractivity contribution in [3.05, 3.63) is 94.9 Å². The van der Waals surface area contributed by atoms with Gasteiger partial charge in [-0.3, -0.25) is 9.78 Å². The summed E-state index contributed by atoms with van der Waals surface area (Å²) in [5, 5.41) is 11.3. The first kappa shape index (κ1) is 28.9. The molecule has 0 saturated carbocycles. The second kappa shape index (κ2) is 11.6. The second-order valence-corrected chi connectivity index (χ2v) is 9.87. The van der Waals surface area contributed by atoms with Crippen molar-refractivity contribution in [2.24, 2.45) is 0 Å². The molecule has 0 spiro atoms. The minimum absolute atomic E-state index is 0. The number of carbonyl (C=O) groups is 1. The summed E-state index contributed by atoms with van der Waals surface area (Å²) in [5.74, 6) is 0.776. The van der Waals surface area contributed by atoms with Crippen LogP contribution in [0, 0.1) is 33.8 Å². The molecule has 2 aromatic carbocycles. The molecule has 0 aliphatic heterocycles. The largest absolute Gasteiger partial charge is 0.512 e. The predicted molar refractivity (Wildman–Crippen MR) is 155 cm³/mol. The number of hydrogen-bond acceptors (Lipinski definition) is 6. The fraction of sp³-hybridized carbons (Fsp3) is 0.182. The number of carbonyl (C=O) groups excluding carboxylic acids is 1. The number of furan rings is 2. The van der Waals surface area contributed by atoms with Gasteiger partial charge in [0.15, 0.2) is 5.78 Å². The fourth-order valence-corrected chi connectivity index (χ4v) is 4.95. The minimum atomic E-state index is -0.125. The smallest absolute Gasteiger partial charge is 0.217 e. The van der Waals surface area contributed by atoms with E-state index in [0.717, 1.165) is 50.0 Å². The second-order valence-electron chi connectivity index (χ2n) is 9.87. The van der Waals surface area contributed by atoms with Crippen molar-refractivity contribution in [2.75, 3.05) is 0 Å². The maximum absolute atomic E-state index is 10.0. The molecule has 0 aliphatic rings. The Kier molecular flexibility index (Phi) is 8.38. The maximum atomic E-state index is 10.0. The zero-order valence-corrected chi connectivity index (χ0v) is 25.6. The molecule has 1 N–H and O–H groups in total. The van der Waals surface area contributed by atoms with E-state index < -0.39 is 0 Å². The number of ketones is 1. The van der Waals surface area contributed by atoms with E-state index in [2.05, 4.69) is 56.1 Å². The number of pyridine rings is 2. The van der Waals surface area contributed by atoms with E-state index in [4.69, 9.17) is 18.9 Å². The molecule has 0 aliphatic carbocycles. The topological polar surface area (TPSA) is 89.4 Å². The van der Waals surface area contributed by atoms with Crippen LogP contribution in [0.2, 0.25) is 0 Å². The molecule has 0 fully saturated rings. The number of aliphatic hydroxyl groups is 1. The van der Waals surface area contributed by atoms with E-state index in [1.54, 1.807) is 0 Å². The molecule has 6 rings (SSSR count). The molecule has 7 heteroatoms. The van der Waals surface area contributed by atoms with E-state index >= 15 is 0 Å². The van der Waals surface area contributed by atoms with E-state index in [0.29, 0.717) is 11.4 Å². The molecule has 0 saturated heterocycles. The Balaban J connectivity index is 0.000000413. The van der Waals surface area contributed by atoms with Crippen molar-refractivity contribution in [2.45, 2.75) is 41.5 Å². The zero-order valence-electron chi connectivity index (χ0n) is 23.2. The summed E-state index contributed by atoms with van der Waals surface area (Å²) in [4.78, 5) is 19.4. The average molecular weight is 710 g/mol. The Hall–Kier alpha value is -4.06. The van der Waals surface area contributed by atoms with Crippen LogP contribution in [0.25, 0.3) is 55.7 Å². The number of nitrogens with zero attached hydrogens (tertiary/aromatic N) is 2. The SMILES string of the molecule is CC(=O)/C=C(/C)O.Cc1cc(C)c(-c2cc3ccc(-c4[c-]ccc5c4oc4nc(C)ccc45)nc3o2)c(C)c1.[Ir]. The van der Waals surface area contributed by atoms with E-state index in [1.165, 1.54) is 36.6 Å². The number of aromatic nitrogens is 2. The molecule has 6 aromatic rings. The summed E-state index contributed by atoms with van der Waals surface area (Å²) in [5.41, 5.74) is 9.24. The number of aliphatic hydroxyl groups excluding tert-OH is 1. The van der Waals surface area contributed by atoms with Crippen molar-refractivity contribution in [3.63, 3.8) is 0 Å². The van der Waals surface area contributed by atoms with Gasteiger partial charge >= 0.3 is 0 Å². The van der Waals surface area contributed by atoms with Crippen LogP contribution in [0.4, 0.5) is 0 Å². The molecule has 4 aromatic heterocycles. The Morgan fingerprint density at radius 2 is 1.60 bits per heavy atom. The quantitative estimate of drug-likeness (QED) is 0.113. The first-order valence-electron chi connectivity index (χ1n) is 12.7. The Labute approximate surface area is 246 Å². The van der Waals surface area contributed by atoms with Gasteiger partial charge in [-0.05, 0) is 76.6 Å². The van der Waals surface area contributed by atoms with Crippen molar-refractivity contribution in [1.82, 2.24) is 9.97 Å². The molecule has 4 heterocycles. The maximum Gasteiger partial charge on any atom is 0.217 e. The predicted octanol–water partition coefficient (Wildman–Crippen LogP) is 8.52. The molecule has 40 heavy (non-hydrogen) atoms. The van der Waals surface area contributed by atoms with Crippen LogP contribution < -0.4 is 0 Å². The molecular weight excluding hydrogens is 681 g/mol. The van der Waals surface area contributed by atoms with E-state index in [-0.39, 0.29) is 31.6 Å². The Morgan fingerprint density at radius 3 is 2.25 bits per heavy atom. The van der Waals surface area contributed by atoms with E-state index in [1.807, 2.05) is 37.3 Å². The first-order chi connectivity index (χ1) is 18.6. The van der Waals surface area contributed by atoms with Gasteiger partial charge in [0.1, 0.15) is 5.76 Å². The summed E-state index contributed by atoms with van der Waals surface area (Å²) in [7, 11) is 0. The molecule has 6 nitrogen and oxygen atoms in total. The summed E-state index contributed by atoms with van der Waals surface area (Å²) >= 11 is 0. The number of hydrogen-bond donors (Lipinski definition) is 1. The van der Waals surface area contributed by atoms with Crippen molar-refractivity contribution < 1.29 is 38.8 Å². The molecular formula is C33H29IrN2O4-. The van der Waals surface area contributed by atoms with Crippen LogP contribution in [0.1, 0.15) is 36.2 Å². The molecule has 0 atom stereocenters. The van der Waals surface area contributed by atoms with Gasteiger partial charge in [0.05, 0.1) is 11.3 Å². The van der Waals surface area contributed by atoms with Crippen LogP contribution >= 0.6 is 0 Å². The molecule has 0 unspecified atom stereocenters. The zero-order chi connectivity index (χ0) is 27.8. The third-order valence-electron chi connectivity index (χ3n) is 6.41. The number of allylic oxidation sites excluding steroid dienone is 2. The van der Waals surface area contributed by atoms with Gasteiger partial charge in [-0.25, -0.2) is 4.98 Å². The van der Waals surface area contributed by atoms with Crippen LogP contribution in [0.15, 0.2) is 75.3 Å². The normalized spacial score (nSPS) is 11.4. The number of benzene rings is 2. The van der Waals surface area contributed by atoms with Crippen LogP contribution in [-0.2, 0) is 24.9 Å². The van der Waals surface area contributed by atoms with Crippen molar-refractivity contribution >= 4 is 39.0 Å². The van der Waals surface area contributed by atoms with Crippen LogP contribution in [0.5, 0.6) is 0 Å². The van der Waals surface area contributed by atoms with Gasteiger partial charge in [0.25, 0.3) is 0 Å².